The maximum Gasteiger partial charge on any atom is 0.343 e. The molecule has 6 rings (SSSR count). The minimum Gasteiger partial charge on any atom is -0.477 e. The zero-order valence-corrected chi connectivity index (χ0v) is 37.8. The van der Waals surface area contributed by atoms with Gasteiger partial charge in [-0.1, -0.05) is 67.5 Å². The molecule has 0 amide bonds. The summed E-state index contributed by atoms with van der Waals surface area (Å²) in [7, 11) is 6.51. The van der Waals surface area contributed by atoms with Gasteiger partial charge in [0.05, 0.1) is 48.0 Å². The molecule has 346 valence electrons. The molecule has 0 radical (unpaired) electrons. The molecule has 18 nitrogen and oxygen atoms in total. The number of carboxylic acid groups (broad SMARTS) is 1. The van der Waals surface area contributed by atoms with E-state index >= 15 is 0 Å². The van der Waals surface area contributed by atoms with Gasteiger partial charge in [-0.15, -0.1) is 0 Å². The van der Waals surface area contributed by atoms with Gasteiger partial charge in [0.15, 0.2) is 18.4 Å². The Balaban J connectivity index is 1.51. The van der Waals surface area contributed by atoms with E-state index in [-0.39, 0.29) is 66.4 Å². The van der Waals surface area contributed by atoms with Crippen molar-refractivity contribution < 1.29 is 73.9 Å². The number of aliphatic hydroxyl groups is 6. The number of carbonyl (C=O) groups is 2. The summed E-state index contributed by atoms with van der Waals surface area (Å²) in [6.45, 7) is 2.56. The summed E-state index contributed by atoms with van der Waals surface area (Å²) in [6, 6.07) is -0.423. The van der Waals surface area contributed by atoms with Gasteiger partial charge in [-0.2, -0.15) is 0 Å². The van der Waals surface area contributed by atoms with Gasteiger partial charge in [-0.3, -0.25) is 9.89 Å². The number of carbonyl (C=O) groups excluding carboxylic acids is 1. The number of nitrogens with zero attached hydrogens (tertiary/aromatic N) is 1. The molecular formula is C40H59N4O14S4+. The van der Waals surface area contributed by atoms with Crippen molar-refractivity contribution in [1.29, 1.82) is 0 Å². The number of nitrogens with one attached hydrogen (secondary N) is 2. The standard InChI is InChI=1S/C40H58N4O14S4/c1-21(2)55-34-38(57-30(17-47)33(48)40(34,52)53)58-37-25-7-4-13-59-60-20-31-28(16-46)44-14-22(32(26(15-44)35(49)50)43-39(41)42-11-5-12-45)9-10-24(25)27(18-54-37)36(51)56-29-8-3-6-23(29)19-61-62-31/h4,7,9-10,15,18,21,23-25,28-31,33-34,37-38,45-48,52-53H,3,5-6,8,11-14,16-17,19-20H2,1-2H3,(H,49,50)(H3,41,42,43)/p+1/b7-4+,10-9+/t23-,24+,25-,28-,29-,30-,31-,33-,34+,37+,38+/m1/s1. The molecular weight excluding hydrogens is 889 g/mol. The van der Waals surface area contributed by atoms with Crippen LogP contribution in [0.25, 0.3) is 0 Å². The molecule has 5 aliphatic heterocycles. The molecule has 0 aromatic rings. The molecule has 2 fully saturated rings. The second-order valence-corrected chi connectivity index (χ2v) is 21.3. The van der Waals surface area contributed by atoms with E-state index in [1.807, 2.05) is 12.2 Å². The lowest BCUT2D eigenvalue weighted by atomic mass is 9.82. The van der Waals surface area contributed by atoms with Crippen molar-refractivity contribution in [3.8, 4) is 0 Å². The number of hydrogen-bond donors (Lipinski definition) is 10. The molecule has 62 heavy (non-hydrogen) atoms. The summed E-state index contributed by atoms with van der Waals surface area (Å²) < 4.78 is 30.7. The van der Waals surface area contributed by atoms with E-state index in [0.29, 0.717) is 40.6 Å². The Hall–Kier alpha value is -2.29. The third kappa shape index (κ3) is 11.7. The Morgan fingerprint density at radius 1 is 1.11 bits per heavy atom. The number of rotatable bonds is 11. The van der Waals surface area contributed by atoms with Gasteiger partial charge in [0.2, 0.25) is 12.1 Å². The van der Waals surface area contributed by atoms with E-state index in [1.54, 1.807) is 75.4 Å². The fourth-order valence-electron chi connectivity index (χ4n) is 8.24. The smallest absolute Gasteiger partial charge is 0.343 e. The minimum atomic E-state index is -2.92. The number of hydrogen-bond acceptors (Lipinski definition) is 18. The summed E-state index contributed by atoms with van der Waals surface area (Å²) >= 11 is 0. The highest BCUT2D eigenvalue weighted by Gasteiger charge is 2.58. The van der Waals surface area contributed by atoms with Crippen LogP contribution in [-0.2, 0) is 33.3 Å². The van der Waals surface area contributed by atoms with Crippen molar-refractivity contribution in [2.24, 2.45) is 28.5 Å². The second-order valence-electron chi connectivity index (χ2n) is 16.1. The molecule has 11 N–H and O–H groups in total. The summed E-state index contributed by atoms with van der Waals surface area (Å²) in [5, 5.41) is 77.0. The Kier molecular flexibility index (Phi) is 18.0. The lowest BCUT2D eigenvalue weighted by Crippen LogP contribution is -3.14. The van der Waals surface area contributed by atoms with E-state index in [4.69, 9.17) is 29.4 Å². The van der Waals surface area contributed by atoms with E-state index in [1.165, 1.54) is 6.26 Å². The van der Waals surface area contributed by atoms with Crippen molar-refractivity contribution >= 4 is 61.1 Å². The number of nitrogens with two attached hydrogens (primary N) is 1. The molecule has 0 aromatic carbocycles. The lowest BCUT2D eigenvalue weighted by Gasteiger charge is -2.48. The van der Waals surface area contributed by atoms with Crippen LogP contribution >= 0.6 is 43.2 Å². The number of aliphatic hydroxyl groups excluding tert-OH is 4. The van der Waals surface area contributed by atoms with Crippen LogP contribution < -0.4 is 16.0 Å². The first-order chi connectivity index (χ1) is 29.8. The van der Waals surface area contributed by atoms with Gasteiger partial charge in [0, 0.05) is 47.8 Å². The molecule has 1 unspecified atom stereocenters. The van der Waals surface area contributed by atoms with E-state index in [2.05, 4.69) is 10.3 Å². The Morgan fingerprint density at radius 3 is 2.65 bits per heavy atom. The van der Waals surface area contributed by atoms with Gasteiger partial charge in [-0.05, 0) is 39.5 Å². The molecule has 0 spiro atoms. The number of aliphatic imine (C=N–C) groups is 1. The largest absolute Gasteiger partial charge is 0.477 e. The van der Waals surface area contributed by atoms with E-state index in [9.17, 15) is 45.3 Å². The molecule has 1 saturated carbocycles. The van der Waals surface area contributed by atoms with Gasteiger partial charge in [0.1, 0.15) is 42.7 Å². The first-order valence-corrected chi connectivity index (χ1v) is 25.6. The first kappa shape index (κ1) is 49.2. The highest BCUT2D eigenvalue weighted by atomic mass is 33.1. The van der Waals surface area contributed by atoms with Crippen LogP contribution in [0.5, 0.6) is 0 Å². The number of aliphatic carboxylic acids is 1. The fourth-order valence-corrected chi connectivity index (χ4v) is 14.3. The maximum absolute atomic E-state index is 14.4. The highest BCUT2D eigenvalue weighted by molar-refractivity contribution is 8.78. The number of allylic oxidation sites excluding steroid dienone is 1. The zero-order valence-electron chi connectivity index (χ0n) is 34.5. The molecule has 4 bridgehead atoms. The SMILES string of the molecule is CC(C)O[C@H]1[C@H](O[C@@H]2OC=C3C(=O)O[C@@H]4CCC[C@@H]4CSS[C@@H]4CSSC/C=C/[C@@H]2[C@@H]3/C=C/C2=C(NC(N)=NCCCO)C(C(=O)O)=C[NH+](C2)[C@@H]4CO)O[C@H](CO)[C@@H](O)C1(O)O. The molecule has 12 atom stereocenters. The van der Waals surface area contributed by atoms with Crippen LogP contribution in [0.2, 0.25) is 0 Å². The number of ether oxygens (including phenoxy) is 5. The third-order valence-electron chi connectivity index (χ3n) is 11.5. The molecule has 1 aliphatic carbocycles. The zero-order chi connectivity index (χ0) is 44.6. The van der Waals surface area contributed by atoms with Crippen molar-refractivity contribution in [2.45, 2.75) is 99.7 Å². The third-order valence-corrected chi connectivity index (χ3v) is 17.0. The maximum atomic E-state index is 14.4. The Labute approximate surface area is 376 Å². The Morgan fingerprint density at radius 2 is 1.92 bits per heavy atom. The number of quaternary nitrogens is 1. The summed E-state index contributed by atoms with van der Waals surface area (Å²) in [5.74, 6) is -4.67. The normalized spacial score (nSPS) is 36.7. The topological polar surface area (TPSA) is 277 Å². The van der Waals surface area contributed by atoms with E-state index < -0.39 is 79.2 Å². The minimum absolute atomic E-state index is 0.0723. The van der Waals surface area contributed by atoms with E-state index in [0.717, 1.165) is 12.8 Å². The van der Waals surface area contributed by atoms with Crippen molar-refractivity contribution in [3.05, 3.63) is 59.2 Å². The Bertz CT molecular complexity index is 1760. The highest BCUT2D eigenvalue weighted by Crippen LogP contribution is 2.43. The van der Waals surface area contributed by atoms with Crippen molar-refractivity contribution in [1.82, 2.24) is 5.32 Å². The first-order valence-electron chi connectivity index (χ1n) is 20.7. The van der Waals surface area contributed by atoms with Crippen LogP contribution in [0.4, 0.5) is 0 Å². The summed E-state index contributed by atoms with van der Waals surface area (Å²) in [4.78, 5) is 32.5. The average molecular weight is 948 g/mol. The number of fused-ring (bicyclic) bond motifs is 2. The summed E-state index contributed by atoms with van der Waals surface area (Å²) in [6.07, 6.45) is 3.82. The molecule has 0 aromatic heterocycles. The molecule has 22 heteroatoms. The van der Waals surface area contributed by atoms with Crippen LogP contribution in [0.3, 0.4) is 0 Å². The fraction of sp³-hybridized carbons (Fsp3) is 0.675. The number of esters is 1. The monoisotopic (exact) mass is 947 g/mol. The quantitative estimate of drug-likeness (QED) is 0.0244. The molecule has 6 aliphatic rings. The van der Waals surface area contributed by atoms with Gasteiger partial charge in [0.25, 0.3) is 0 Å². The lowest BCUT2D eigenvalue weighted by molar-refractivity contribution is -0.870. The number of carboxylic acids is 1. The van der Waals surface area contributed by atoms with Crippen LogP contribution in [-0.4, -0.2) is 164 Å². The van der Waals surface area contributed by atoms with Gasteiger partial charge < -0.3 is 70.5 Å². The van der Waals surface area contributed by atoms with Crippen LogP contribution in [0, 0.1) is 17.8 Å². The van der Waals surface area contributed by atoms with Crippen molar-refractivity contribution in [2.75, 3.05) is 50.2 Å². The van der Waals surface area contributed by atoms with Crippen LogP contribution in [0.15, 0.2) is 64.2 Å². The second kappa shape index (κ2) is 22.7. The predicted octanol–water partition coefficient (Wildman–Crippen LogP) is -0.220. The summed E-state index contributed by atoms with van der Waals surface area (Å²) in [5.41, 5.74) is 6.95. The van der Waals surface area contributed by atoms with Gasteiger partial charge >= 0.3 is 11.9 Å². The molecule has 5 heterocycles. The average Bonchev–Trinajstić information content (AvgIpc) is 3.67. The van der Waals surface area contributed by atoms with Crippen LogP contribution in [0.1, 0.15) is 39.5 Å². The van der Waals surface area contributed by atoms with Gasteiger partial charge in [-0.25, -0.2) is 9.59 Å². The number of guanidine groups is 1. The molecule has 1 saturated heterocycles. The predicted molar refractivity (Wildman–Crippen MR) is 235 cm³/mol. The van der Waals surface area contributed by atoms with Crippen molar-refractivity contribution in [3.63, 3.8) is 0 Å².